The highest BCUT2D eigenvalue weighted by atomic mass is 32.2. The summed E-state index contributed by atoms with van der Waals surface area (Å²) >= 11 is 1.72. The average molecular weight is 154 g/mol. The predicted molar refractivity (Wildman–Crippen MR) is 47.7 cm³/mol. The fourth-order valence-electron chi connectivity index (χ4n) is 0.753. The summed E-state index contributed by atoms with van der Waals surface area (Å²) in [6.45, 7) is 5.46. The smallest absolute Gasteiger partial charge is 0.110 e. The molecule has 0 aromatic heterocycles. The van der Waals surface area contributed by atoms with Gasteiger partial charge in [0.1, 0.15) is 11.7 Å². The molecule has 10 heavy (non-hydrogen) atoms. The summed E-state index contributed by atoms with van der Waals surface area (Å²) in [4.78, 5) is 7.72. The maximum absolute atomic E-state index is 4.17. The van der Waals surface area contributed by atoms with Crippen molar-refractivity contribution in [3.63, 3.8) is 0 Å². The average Bonchev–Trinajstić information content (AvgIpc) is 2.31. The van der Waals surface area contributed by atoms with Crippen molar-refractivity contribution >= 4 is 24.8 Å². The highest BCUT2D eigenvalue weighted by molar-refractivity contribution is 8.03. The molecule has 1 aliphatic rings. The Balaban J connectivity index is 2.43. The Kier molecular flexibility index (Phi) is 2.68. The molecule has 0 N–H and O–H groups in total. The summed E-state index contributed by atoms with van der Waals surface area (Å²) in [5.41, 5.74) is 0. The van der Waals surface area contributed by atoms with Crippen LogP contribution in [-0.4, -0.2) is 18.4 Å². The molecule has 1 rings (SSSR count). The van der Waals surface area contributed by atoms with E-state index in [4.69, 9.17) is 0 Å². The van der Waals surface area contributed by atoms with Crippen LogP contribution in [0.15, 0.2) is 21.5 Å². The molecule has 54 valence electrons. The van der Waals surface area contributed by atoms with Gasteiger partial charge in [-0.2, -0.15) is 0 Å². The zero-order chi connectivity index (χ0) is 7.40. The van der Waals surface area contributed by atoms with Crippen molar-refractivity contribution in [1.29, 1.82) is 0 Å². The topological polar surface area (TPSA) is 24.7 Å². The van der Waals surface area contributed by atoms with Crippen molar-refractivity contribution in [1.82, 2.24) is 0 Å². The monoisotopic (exact) mass is 154 g/mol. The Morgan fingerprint density at radius 2 is 2.50 bits per heavy atom. The van der Waals surface area contributed by atoms with E-state index >= 15 is 0 Å². The molecule has 0 amide bonds. The van der Waals surface area contributed by atoms with E-state index < -0.39 is 0 Å². The van der Waals surface area contributed by atoms with Gasteiger partial charge in [0.05, 0.1) is 0 Å². The predicted octanol–water partition coefficient (Wildman–Crippen LogP) is 1.94. The second-order valence-corrected chi connectivity index (χ2v) is 3.19. The molecule has 0 saturated carbocycles. The highest BCUT2D eigenvalue weighted by Gasteiger charge is 2.16. The number of aliphatic imine (C=N–C) groups is 2. The minimum absolute atomic E-state index is 0.325. The van der Waals surface area contributed by atoms with Gasteiger partial charge in [0.15, 0.2) is 0 Å². The number of thioether (sulfide) groups is 1. The second-order valence-electron chi connectivity index (χ2n) is 2.16. The molecule has 0 aliphatic carbocycles. The molecular formula is C7H10N2S. The molecule has 1 heterocycles. The van der Waals surface area contributed by atoms with Gasteiger partial charge in [-0.1, -0.05) is 13.0 Å². The van der Waals surface area contributed by atoms with Crippen LogP contribution in [0.1, 0.15) is 6.92 Å². The summed E-state index contributed by atoms with van der Waals surface area (Å²) in [7, 11) is 0. The second kappa shape index (κ2) is 3.56. The van der Waals surface area contributed by atoms with Gasteiger partial charge in [-0.3, -0.25) is 9.98 Å². The number of hydrogen-bond acceptors (Lipinski definition) is 2. The van der Waals surface area contributed by atoms with Crippen LogP contribution < -0.4 is 0 Å². The maximum Gasteiger partial charge on any atom is 0.110 e. The van der Waals surface area contributed by atoms with E-state index in [-0.39, 0.29) is 0 Å². The van der Waals surface area contributed by atoms with E-state index in [1.54, 1.807) is 11.8 Å². The quantitative estimate of drug-likeness (QED) is 0.440. The van der Waals surface area contributed by atoms with Crippen molar-refractivity contribution in [2.45, 2.75) is 12.3 Å². The lowest BCUT2D eigenvalue weighted by Gasteiger charge is -2.06. The molecular weight excluding hydrogens is 144 g/mol. The number of nitrogens with zero attached hydrogens (tertiary/aromatic N) is 2. The molecule has 0 radical (unpaired) electrons. The third kappa shape index (κ3) is 1.70. The van der Waals surface area contributed by atoms with E-state index in [2.05, 4.69) is 35.1 Å². The van der Waals surface area contributed by atoms with Crippen LogP contribution in [0.4, 0.5) is 0 Å². The zero-order valence-electron chi connectivity index (χ0n) is 5.90. The summed E-state index contributed by atoms with van der Waals surface area (Å²) < 4.78 is 0. The molecule has 0 aromatic carbocycles. The van der Waals surface area contributed by atoms with Gasteiger partial charge in [0.25, 0.3) is 0 Å². The van der Waals surface area contributed by atoms with Crippen LogP contribution >= 0.6 is 11.8 Å². The van der Waals surface area contributed by atoms with Crippen molar-refractivity contribution in [3.05, 3.63) is 11.5 Å². The van der Waals surface area contributed by atoms with E-state index in [0.29, 0.717) is 11.3 Å². The minimum atomic E-state index is 0.325. The lowest BCUT2D eigenvalue weighted by Crippen LogP contribution is -2.03. The fraction of sp³-hybridized carbons (Fsp3) is 0.429. The largest absolute Gasteiger partial charge is 0.258 e. The van der Waals surface area contributed by atoms with Crippen molar-refractivity contribution in [3.8, 4) is 0 Å². The van der Waals surface area contributed by atoms with Crippen LogP contribution in [0.2, 0.25) is 0 Å². The number of hydrogen-bond donors (Lipinski definition) is 0. The standard InChI is InChI=1S/C7H10N2S/c1-6-3-4-10-7(6)9-5-8-2/h3-7H,2H2,1H3. The van der Waals surface area contributed by atoms with Crippen molar-refractivity contribution < 1.29 is 0 Å². The van der Waals surface area contributed by atoms with Crippen LogP contribution in [-0.2, 0) is 0 Å². The molecule has 2 unspecified atom stereocenters. The van der Waals surface area contributed by atoms with Gasteiger partial charge in [-0.15, -0.1) is 11.8 Å². The first-order valence-corrected chi connectivity index (χ1v) is 4.08. The molecule has 2 atom stereocenters. The Morgan fingerprint density at radius 1 is 1.70 bits per heavy atom. The Labute approximate surface area is 65.1 Å². The third-order valence-electron chi connectivity index (χ3n) is 1.35. The zero-order valence-corrected chi connectivity index (χ0v) is 6.71. The number of rotatable bonds is 2. The first kappa shape index (κ1) is 7.54. The normalized spacial score (nSPS) is 31.7. The Morgan fingerprint density at radius 3 is 3.00 bits per heavy atom. The van der Waals surface area contributed by atoms with E-state index in [9.17, 15) is 0 Å². The molecule has 0 aromatic rings. The first-order valence-electron chi connectivity index (χ1n) is 3.14. The Bertz CT molecular complexity index is 174. The molecule has 3 heteroatoms. The van der Waals surface area contributed by atoms with Crippen molar-refractivity contribution in [2.24, 2.45) is 15.9 Å². The highest BCUT2D eigenvalue weighted by Crippen LogP contribution is 2.29. The molecule has 0 fully saturated rings. The van der Waals surface area contributed by atoms with Gasteiger partial charge in [0, 0.05) is 5.92 Å². The Hall–Kier alpha value is -0.570. The maximum atomic E-state index is 4.17. The summed E-state index contributed by atoms with van der Waals surface area (Å²) in [5, 5.41) is 2.40. The van der Waals surface area contributed by atoms with Gasteiger partial charge >= 0.3 is 0 Å². The van der Waals surface area contributed by atoms with Gasteiger partial charge in [-0.25, -0.2) is 0 Å². The van der Waals surface area contributed by atoms with Crippen LogP contribution in [0.25, 0.3) is 0 Å². The fourth-order valence-corrected chi connectivity index (χ4v) is 1.72. The van der Waals surface area contributed by atoms with Gasteiger partial charge < -0.3 is 0 Å². The summed E-state index contributed by atoms with van der Waals surface area (Å²) in [5.74, 6) is 0.531. The van der Waals surface area contributed by atoms with E-state index in [1.807, 2.05) is 0 Å². The summed E-state index contributed by atoms with van der Waals surface area (Å²) in [6.07, 6.45) is 3.66. The van der Waals surface area contributed by atoms with Crippen LogP contribution in [0.5, 0.6) is 0 Å². The molecule has 0 bridgehead atoms. The molecule has 0 spiro atoms. The van der Waals surface area contributed by atoms with Crippen molar-refractivity contribution in [2.75, 3.05) is 0 Å². The first-order chi connectivity index (χ1) is 4.84. The SMILES string of the molecule is C=NC=NC1SC=CC1C. The van der Waals surface area contributed by atoms with Crippen LogP contribution in [0, 0.1) is 5.92 Å². The lowest BCUT2D eigenvalue weighted by molar-refractivity contribution is 0.710. The third-order valence-corrected chi connectivity index (χ3v) is 2.49. The molecule has 1 aliphatic heterocycles. The van der Waals surface area contributed by atoms with E-state index in [1.165, 1.54) is 6.34 Å². The van der Waals surface area contributed by atoms with Gasteiger partial charge in [0.2, 0.25) is 0 Å². The van der Waals surface area contributed by atoms with E-state index in [0.717, 1.165) is 0 Å². The van der Waals surface area contributed by atoms with Gasteiger partial charge in [-0.05, 0) is 12.1 Å². The summed E-state index contributed by atoms with van der Waals surface area (Å²) in [6, 6.07) is 0. The van der Waals surface area contributed by atoms with Crippen LogP contribution in [0.3, 0.4) is 0 Å². The lowest BCUT2D eigenvalue weighted by atomic mass is 10.2. The molecule has 0 saturated heterocycles. The minimum Gasteiger partial charge on any atom is -0.258 e. The molecule has 2 nitrogen and oxygen atoms in total.